The van der Waals surface area contributed by atoms with Crippen molar-refractivity contribution in [3.05, 3.63) is 71.8 Å². The van der Waals surface area contributed by atoms with Crippen LogP contribution in [0.25, 0.3) is 21.0 Å². The zero-order valence-electron chi connectivity index (χ0n) is 16.5. The van der Waals surface area contributed by atoms with Gasteiger partial charge in [0, 0.05) is 11.6 Å². The number of thiazole rings is 1. The maximum absolute atomic E-state index is 13.7. The van der Waals surface area contributed by atoms with E-state index in [0.29, 0.717) is 21.0 Å². The predicted octanol–water partition coefficient (Wildman–Crippen LogP) is 4.38. The van der Waals surface area contributed by atoms with Gasteiger partial charge in [0.15, 0.2) is 5.78 Å². The van der Waals surface area contributed by atoms with E-state index in [0.717, 1.165) is 31.9 Å². The Bertz CT molecular complexity index is 1120. The smallest absolute Gasteiger partial charge is 0.249 e. The lowest BCUT2D eigenvalue weighted by molar-refractivity contribution is 0.0996. The molecule has 2 heterocycles. The molecular weight excluding hydrogens is 420 g/mol. The largest absolute Gasteiger partial charge is 0.366 e. The number of aromatic nitrogens is 1. The lowest BCUT2D eigenvalue weighted by Crippen LogP contribution is -2.36. The van der Waals surface area contributed by atoms with Crippen LogP contribution in [-0.2, 0) is 0 Å². The molecule has 0 bridgehead atoms. The van der Waals surface area contributed by atoms with Gasteiger partial charge in [0.25, 0.3) is 0 Å². The molecule has 0 spiro atoms. The molecule has 1 saturated heterocycles. The molecule has 31 heavy (non-hydrogen) atoms. The van der Waals surface area contributed by atoms with E-state index in [-0.39, 0.29) is 23.1 Å². The van der Waals surface area contributed by atoms with Crippen molar-refractivity contribution in [2.75, 3.05) is 6.54 Å². The number of ketones is 1. The third kappa shape index (κ3) is 4.70. The molecule has 4 rings (SSSR count). The molecule has 1 aromatic heterocycles. The van der Waals surface area contributed by atoms with Gasteiger partial charge in [-0.25, -0.2) is 13.8 Å². The zero-order chi connectivity index (χ0) is 22.0. The number of nitrogens with two attached hydrogens (primary N) is 1. The summed E-state index contributed by atoms with van der Waals surface area (Å²) in [5.41, 5.74) is 6.59. The zero-order valence-corrected chi connectivity index (χ0v) is 17.3. The molecule has 1 amide bonds. The second-order valence-corrected chi connectivity index (χ2v) is 8.34. The second kappa shape index (κ2) is 9.03. The van der Waals surface area contributed by atoms with Crippen LogP contribution >= 0.6 is 11.3 Å². The van der Waals surface area contributed by atoms with Gasteiger partial charge in [-0.2, -0.15) is 0 Å². The highest BCUT2D eigenvalue weighted by Crippen LogP contribution is 2.37. The first kappa shape index (κ1) is 21.3. The van der Waals surface area contributed by atoms with Crippen molar-refractivity contribution in [2.45, 2.75) is 25.3 Å². The lowest BCUT2D eigenvalue weighted by atomic mass is 9.98. The number of piperidine rings is 1. The third-order valence-corrected chi connectivity index (χ3v) is 6.28. The first-order chi connectivity index (χ1) is 14.9. The summed E-state index contributed by atoms with van der Waals surface area (Å²) < 4.78 is 27.1. The average Bonchev–Trinajstić information content (AvgIpc) is 3.20. The Morgan fingerprint density at radius 1 is 1.10 bits per heavy atom. The van der Waals surface area contributed by atoms with Gasteiger partial charge in [0.05, 0.1) is 16.9 Å². The van der Waals surface area contributed by atoms with Crippen LogP contribution in [-0.4, -0.2) is 29.3 Å². The number of rotatable bonds is 6. The fraction of sp³-hybridized carbons (Fsp3) is 0.217. The standard InChI is InChI=1S/C23H20F2N3O2S/c24-14-6-4-13(5-7-14)21-20(19(29)12-16-3-1-2-10-27-16)28-23(31-21)17-9-8-15(25)11-18(17)22(26)30/h4-9,11-12,16,27H,1-3,10H2,(H2,26,30). The Labute approximate surface area is 182 Å². The number of amides is 1. The van der Waals surface area contributed by atoms with E-state index in [9.17, 15) is 18.4 Å². The van der Waals surface area contributed by atoms with Crippen molar-refractivity contribution in [3.63, 3.8) is 0 Å². The lowest BCUT2D eigenvalue weighted by Gasteiger charge is -2.22. The summed E-state index contributed by atoms with van der Waals surface area (Å²) in [5.74, 6) is -2.04. The number of hydrogen-bond donors (Lipinski definition) is 2. The van der Waals surface area contributed by atoms with E-state index in [1.54, 1.807) is 18.6 Å². The molecule has 5 nitrogen and oxygen atoms in total. The molecule has 1 unspecified atom stereocenters. The van der Waals surface area contributed by atoms with Gasteiger partial charge in [-0.15, -0.1) is 11.3 Å². The quantitative estimate of drug-likeness (QED) is 0.557. The molecule has 1 fully saturated rings. The Morgan fingerprint density at radius 2 is 1.84 bits per heavy atom. The molecule has 8 heteroatoms. The molecule has 0 aliphatic carbocycles. The van der Waals surface area contributed by atoms with Crippen LogP contribution < -0.4 is 11.1 Å². The van der Waals surface area contributed by atoms with E-state index in [1.807, 2.05) is 0 Å². The van der Waals surface area contributed by atoms with Gasteiger partial charge in [0.2, 0.25) is 5.91 Å². The Hall–Kier alpha value is -2.97. The fourth-order valence-corrected chi connectivity index (χ4v) is 4.70. The summed E-state index contributed by atoms with van der Waals surface area (Å²) in [6.07, 6.45) is 4.58. The summed E-state index contributed by atoms with van der Waals surface area (Å²) in [7, 11) is 0. The van der Waals surface area contributed by atoms with Gasteiger partial charge >= 0.3 is 0 Å². The summed E-state index contributed by atoms with van der Waals surface area (Å²) >= 11 is 1.17. The average molecular weight is 440 g/mol. The molecule has 1 radical (unpaired) electrons. The minimum atomic E-state index is -0.793. The monoisotopic (exact) mass is 440 g/mol. The summed E-state index contributed by atoms with van der Waals surface area (Å²) in [5, 5.41) is 3.66. The number of Topliss-reactive ketones (excluding diaryl/α,β-unsaturated/α-hetero) is 1. The van der Waals surface area contributed by atoms with Crippen LogP contribution in [0.2, 0.25) is 0 Å². The number of carbonyl (C=O) groups excluding carboxylic acids is 2. The van der Waals surface area contributed by atoms with Crippen LogP contribution in [0, 0.1) is 18.1 Å². The van der Waals surface area contributed by atoms with Gasteiger partial charge in [-0.3, -0.25) is 9.59 Å². The molecule has 0 saturated carbocycles. The van der Waals surface area contributed by atoms with Crippen LogP contribution in [0.4, 0.5) is 8.78 Å². The maximum atomic E-state index is 13.7. The van der Waals surface area contributed by atoms with Gasteiger partial charge in [-0.1, -0.05) is 18.6 Å². The molecule has 1 atom stereocenters. The minimum Gasteiger partial charge on any atom is -0.366 e. The molecule has 1 aliphatic heterocycles. The SMILES string of the molecule is NC(=O)c1cc(F)ccc1-c1nc(C(=O)[CH]C2CCCCN2)c(-c2ccc(F)cc2)s1. The van der Waals surface area contributed by atoms with E-state index in [2.05, 4.69) is 10.3 Å². The molecule has 159 valence electrons. The molecule has 3 N–H and O–H groups in total. The van der Waals surface area contributed by atoms with Crippen LogP contribution in [0.1, 0.15) is 40.1 Å². The highest BCUT2D eigenvalue weighted by atomic mass is 32.1. The van der Waals surface area contributed by atoms with Gasteiger partial charge < -0.3 is 11.1 Å². The number of halogens is 2. The summed E-state index contributed by atoms with van der Waals surface area (Å²) in [4.78, 5) is 30.0. The highest BCUT2D eigenvalue weighted by Gasteiger charge is 2.25. The molecule has 3 aromatic rings. The third-order valence-electron chi connectivity index (χ3n) is 5.15. The molecule has 2 aromatic carbocycles. The van der Waals surface area contributed by atoms with E-state index in [1.165, 1.54) is 35.6 Å². The normalized spacial score (nSPS) is 16.3. The van der Waals surface area contributed by atoms with E-state index in [4.69, 9.17) is 5.73 Å². The number of benzene rings is 2. The summed E-state index contributed by atoms with van der Waals surface area (Å²) in [6, 6.07) is 9.40. The summed E-state index contributed by atoms with van der Waals surface area (Å²) in [6.45, 7) is 0.846. The molecule has 1 aliphatic rings. The Balaban J connectivity index is 1.78. The predicted molar refractivity (Wildman–Crippen MR) is 116 cm³/mol. The van der Waals surface area contributed by atoms with E-state index < -0.39 is 17.5 Å². The number of nitrogens with one attached hydrogen (secondary N) is 1. The van der Waals surface area contributed by atoms with E-state index >= 15 is 0 Å². The van der Waals surface area contributed by atoms with Crippen molar-refractivity contribution in [1.82, 2.24) is 10.3 Å². The Morgan fingerprint density at radius 3 is 2.52 bits per heavy atom. The topological polar surface area (TPSA) is 85.1 Å². The van der Waals surface area contributed by atoms with Gasteiger partial charge in [0.1, 0.15) is 22.3 Å². The van der Waals surface area contributed by atoms with Crippen LogP contribution in [0.5, 0.6) is 0 Å². The number of hydrogen-bond acceptors (Lipinski definition) is 5. The maximum Gasteiger partial charge on any atom is 0.249 e. The minimum absolute atomic E-state index is 0.0173. The van der Waals surface area contributed by atoms with Crippen molar-refractivity contribution in [2.24, 2.45) is 5.73 Å². The Kier molecular flexibility index (Phi) is 6.20. The first-order valence-electron chi connectivity index (χ1n) is 9.91. The number of carbonyl (C=O) groups is 2. The molecular formula is C23H20F2N3O2S. The van der Waals surface area contributed by atoms with Crippen molar-refractivity contribution in [1.29, 1.82) is 0 Å². The highest BCUT2D eigenvalue weighted by molar-refractivity contribution is 7.18. The number of nitrogens with zero attached hydrogens (tertiary/aromatic N) is 1. The second-order valence-electron chi connectivity index (χ2n) is 7.35. The number of primary amides is 1. The van der Waals surface area contributed by atoms with Crippen LogP contribution in [0.3, 0.4) is 0 Å². The van der Waals surface area contributed by atoms with Crippen molar-refractivity contribution >= 4 is 23.0 Å². The van der Waals surface area contributed by atoms with Crippen LogP contribution in [0.15, 0.2) is 42.5 Å². The van der Waals surface area contributed by atoms with Crippen molar-refractivity contribution in [3.8, 4) is 21.0 Å². The fourth-order valence-electron chi connectivity index (χ4n) is 3.59. The first-order valence-corrected chi connectivity index (χ1v) is 10.7. The van der Waals surface area contributed by atoms with Crippen molar-refractivity contribution < 1.29 is 18.4 Å². The van der Waals surface area contributed by atoms with Gasteiger partial charge in [-0.05, 0) is 55.3 Å².